The number of para-hydroxylation sites is 2. The summed E-state index contributed by atoms with van der Waals surface area (Å²) < 4.78 is 7.01. The standard InChI is InChI=1S/C22H19N3O3/c1-14-20(18-10-6-7-11-19(18)24-14)21(26)15(2)28-22(27)16-12-23-25(13-16)17-8-4-3-5-9-17/h3-13,15,24H,1-2H3. The van der Waals surface area contributed by atoms with Gasteiger partial charge in [0, 0.05) is 28.4 Å². The first-order valence-electron chi connectivity index (χ1n) is 8.97. The van der Waals surface area contributed by atoms with Gasteiger partial charge in [-0.25, -0.2) is 9.48 Å². The third kappa shape index (κ3) is 3.20. The van der Waals surface area contributed by atoms with E-state index in [1.807, 2.05) is 61.5 Å². The topological polar surface area (TPSA) is 77.0 Å². The van der Waals surface area contributed by atoms with Gasteiger partial charge in [0.05, 0.1) is 17.4 Å². The number of nitrogens with one attached hydrogen (secondary N) is 1. The van der Waals surface area contributed by atoms with E-state index in [1.54, 1.807) is 17.8 Å². The van der Waals surface area contributed by atoms with Crippen molar-refractivity contribution in [3.8, 4) is 5.69 Å². The molecule has 1 unspecified atom stereocenters. The van der Waals surface area contributed by atoms with Gasteiger partial charge in [-0.1, -0.05) is 36.4 Å². The first-order chi connectivity index (χ1) is 13.5. The minimum absolute atomic E-state index is 0.237. The van der Waals surface area contributed by atoms with Crippen LogP contribution in [0.5, 0.6) is 0 Å². The number of ketones is 1. The molecular weight excluding hydrogens is 354 g/mol. The molecule has 6 nitrogen and oxygen atoms in total. The maximum absolute atomic E-state index is 12.9. The quantitative estimate of drug-likeness (QED) is 0.422. The Morgan fingerprint density at radius 2 is 1.79 bits per heavy atom. The van der Waals surface area contributed by atoms with Crippen LogP contribution < -0.4 is 0 Å². The molecule has 0 saturated carbocycles. The molecule has 1 N–H and O–H groups in total. The van der Waals surface area contributed by atoms with Crippen LogP contribution in [0.15, 0.2) is 67.0 Å². The van der Waals surface area contributed by atoms with Crippen molar-refractivity contribution in [3.63, 3.8) is 0 Å². The number of ether oxygens (including phenoxy) is 1. The number of H-pyrrole nitrogens is 1. The number of aromatic amines is 1. The summed E-state index contributed by atoms with van der Waals surface area (Å²) in [5, 5.41) is 5.01. The second-order valence-corrected chi connectivity index (χ2v) is 6.59. The molecule has 0 fully saturated rings. The third-order valence-corrected chi connectivity index (χ3v) is 4.63. The fourth-order valence-corrected chi connectivity index (χ4v) is 3.23. The van der Waals surface area contributed by atoms with E-state index >= 15 is 0 Å². The van der Waals surface area contributed by atoms with E-state index in [-0.39, 0.29) is 5.78 Å². The van der Waals surface area contributed by atoms with Gasteiger partial charge in [0.25, 0.3) is 0 Å². The van der Waals surface area contributed by atoms with Crippen LogP contribution in [0.3, 0.4) is 0 Å². The van der Waals surface area contributed by atoms with Crippen molar-refractivity contribution in [1.29, 1.82) is 0 Å². The van der Waals surface area contributed by atoms with Crippen molar-refractivity contribution in [2.45, 2.75) is 20.0 Å². The van der Waals surface area contributed by atoms with Crippen LogP contribution in [0.1, 0.15) is 33.3 Å². The smallest absolute Gasteiger partial charge is 0.342 e. The highest BCUT2D eigenvalue weighted by Crippen LogP contribution is 2.24. The van der Waals surface area contributed by atoms with Crippen molar-refractivity contribution < 1.29 is 14.3 Å². The molecule has 0 spiro atoms. The van der Waals surface area contributed by atoms with Crippen molar-refractivity contribution in [1.82, 2.24) is 14.8 Å². The lowest BCUT2D eigenvalue weighted by molar-refractivity contribution is 0.0319. The summed E-state index contributed by atoms with van der Waals surface area (Å²) in [6, 6.07) is 17.0. The Balaban J connectivity index is 1.52. The predicted molar refractivity (Wildman–Crippen MR) is 106 cm³/mol. The molecule has 4 rings (SSSR count). The maximum atomic E-state index is 12.9. The molecule has 140 valence electrons. The van der Waals surface area contributed by atoms with Gasteiger partial charge < -0.3 is 9.72 Å². The Bertz CT molecular complexity index is 1160. The van der Waals surface area contributed by atoms with E-state index in [0.717, 1.165) is 22.3 Å². The highest BCUT2D eigenvalue weighted by atomic mass is 16.5. The van der Waals surface area contributed by atoms with Gasteiger partial charge in [0.2, 0.25) is 5.78 Å². The lowest BCUT2D eigenvalue weighted by atomic mass is 10.0. The number of aryl methyl sites for hydroxylation is 1. The Morgan fingerprint density at radius 1 is 1.07 bits per heavy atom. The van der Waals surface area contributed by atoms with Gasteiger partial charge in [0.1, 0.15) is 0 Å². The molecule has 1 atom stereocenters. The van der Waals surface area contributed by atoms with Crippen LogP contribution in [0.25, 0.3) is 16.6 Å². The summed E-state index contributed by atoms with van der Waals surface area (Å²) in [6.45, 7) is 3.43. The Kier molecular flexibility index (Phi) is 4.53. The van der Waals surface area contributed by atoms with Crippen LogP contribution in [0, 0.1) is 6.92 Å². The first kappa shape index (κ1) is 17.7. The van der Waals surface area contributed by atoms with Gasteiger partial charge >= 0.3 is 5.97 Å². The summed E-state index contributed by atoms with van der Waals surface area (Å²) in [6.07, 6.45) is 2.11. The summed E-state index contributed by atoms with van der Waals surface area (Å²) in [5.41, 5.74) is 3.31. The molecule has 2 heterocycles. The van der Waals surface area contributed by atoms with E-state index in [9.17, 15) is 9.59 Å². The molecule has 2 aromatic heterocycles. The minimum atomic E-state index is -0.912. The molecule has 0 aliphatic heterocycles. The number of fused-ring (bicyclic) bond motifs is 1. The number of esters is 1. The molecule has 28 heavy (non-hydrogen) atoms. The van der Waals surface area contributed by atoms with Gasteiger partial charge in [-0.15, -0.1) is 0 Å². The lowest BCUT2D eigenvalue weighted by Gasteiger charge is -2.12. The highest BCUT2D eigenvalue weighted by Gasteiger charge is 2.25. The number of aromatic nitrogens is 3. The number of nitrogens with zero attached hydrogens (tertiary/aromatic N) is 2. The zero-order chi connectivity index (χ0) is 19.7. The van der Waals surface area contributed by atoms with Crippen molar-refractivity contribution in [3.05, 3.63) is 83.8 Å². The van der Waals surface area contributed by atoms with Crippen LogP contribution >= 0.6 is 0 Å². The number of carbonyl (C=O) groups is 2. The molecule has 0 radical (unpaired) electrons. The minimum Gasteiger partial charge on any atom is -0.451 e. The highest BCUT2D eigenvalue weighted by molar-refractivity contribution is 6.11. The van der Waals surface area contributed by atoms with E-state index in [2.05, 4.69) is 10.1 Å². The number of hydrogen-bond acceptors (Lipinski definition) is 4. The zero-order valence-corrected chi connectivity index (χ0v) is 15.5. The van der Waals surface area contributed by atoms with Gasteiger partial charge in [-0.05, 0) is 32.0 Å². The first-order valence-corrected chi connectivity index (χ1v) is 8.97. The molecule has 0 bridgehead atoms. The van der Waals surface area contributed by atoms with Crippen molar-refractivity contribution >= 4 is 22.7 Å². The number of Topliss-reactive ketones (excluding diaryl/α,β-unsaturated/α-hetero) is 1. The monoisotopic (exact) mass is 373 g/mol. The Labute approximate surface area is 161 Å². The normalized spacial score (nSPS) is 12.1. The molecule has 4 aromatic rings. The van der Waals surface area contributed by atoms with Gasteiger partial charge in [0.15, 0.2) is 6.10 Å². The van der Waals surface area contributed by atoms with E-state index in [1.165, 1.54) is 6.20 Å². The Morgan fingerprint density at radius 3 is 2.57 bits per heavy atom. The van der Waals surface area contributed by atoms with E-state index < -0.39 is 12.1 Å². The molecule has 0 saturated heterocycles. The van der Waals surface area contributed by atoms with Gasteiger partial charge in [-0.2, -0.15) is 5.10 Å². The fourth-order valence-electron chi connectivity index (χ4n) is 3.23. The fraction of sp³-hybridized carbons (Fsp3) is 0.136. The van der Waals surface area contributed by atoms with Crippen LogP contribution in [-0.4, -0.2) is 32.6 Å². The largest absolute Gasteiger partial charge is 0.451 e. The average Bonchev–Trinajstić information content (AvgIpc) is 3.32. The van der Waals surface area contributed by atoms with Gasteiger partial charge in [-0.3, -0.25) is 4.79 Å². The molecule has 0 amide bonds. The van der Waals surface area contributed by atoms with Crippen molar-refractivity contribution in [2.75, 3.05) is 0 Å². The van der Waals surface area contributed by atoms with Crippen LogP contribution in [0.2, 0.25) is 0 Å². The average molecular weight is 373 g/mol. The van der Waals surface area contributed by atoms with Crippen LogP contribution in [-0.2, 0) is 4.74 Å². The summed E-state index contributed by atoms with van der Waals surface area (Å²) in [4.78, 5) is 28.6. The molecule has 2 aromatic carbocycles. The number of benzene rings is 2. The SMILES string of the molecule is Cc1[nH]c2ccccc2c1C(=O)C(C)OC(=O)c1cnn(-c2ccccc2)c1. The second-order valence-electron chi connectivity index (χ2n) is 6.59. The number of carbonyl (C=O) groups excluding carboxylic acids is 2. The molecular formula is C22H19N3O3. The van der Waals surface area contributed by atoms with E-state index in [4.69, 9.17) is 4.74 Å². The predicted octanol–water partition coefficient (Wildman–Crippen LogP) is 4.09. The zero-order valence-electron chi connectivity index (χ0n) is 15.5. The molecule has 0 aliphatic rings. The molecule has 6 heteroatoms. The van der Waals surface area contributed by atoms with E-state index in [0.29, 0.717) is 11.1 Å². The maximum Gasteiger partial charge on any atom is 0.342 e. The summed E-state index contributed by atoms with van der Waals surface area (Å²) in [5.74, 6) is -0.820. The lowest BCUT2D eigenvalue weighted by Crippen LogP contribution is -2.24. The number of hydrogen-bond donors (Lipinski definition) is 1. The van der Waals surface area contributed by atoms with Crippen molar-refractivity contribution in [2.24, 2.45) is 0 Å². The number of rotatable bonds is 5. The second kappa shape index (κ2) is 7.15. The Hall–Kier alpha value is -3.67. The summed E-state index contributed by atoms with van der Waals surface area (Å²) in [7, 11) is 0. The summed E-state index contributed by atoms with van der Waals surface area (Å²) >= 11 is 0. The third-order valence-electron chi connectivity index (χ3n) is 4.63. The molecule has 0 aliphatic carbocycles. The van der Waals surface area contributed by atoms with Crippen LogP contribution in [0.4, 0.5) is 0 Å².